The summed E-state index contributed by atoms with van der Waals surface area (Å²) in [6.45, 7) is 4.37. The number of carbonyl (C=O) groups excluding carboxylic acids is 1. The number of hydrogen-bond donors (Lipinski definition) is 3. The van der Waals surface area contributed by atoms with Crippen LogP contribution in [-0.2, 0) is 22.2 Å². The number of rotatable bonds is 10. The highest BCUT2D eigenvalue weighted by molar-refractivity contribution is 7.38. The van der Waals surface area contributed by atoms with Crippen molar-refractivity contribution in [1.82, 2.24) is 15.3 Å². The molecule has 3 aliphatic rings. The molecule has 204 valence electrons. The molecule has 1 unspecified atom stereocenters. The van der Waals surface area contributed by atoms with Gasteiger partial charge in [-0.3, -0.25) is 4.79 Å². The Labute approximate surface area is 229 Å². The second-order valence-corrected chi connectivity index (χ2v) is 12.4. The van der Waals surface area contributed by atoms with Gasteiger partial charge in [-0.2, -0.15) is 4.98 Å². The second kappa shape index (κ2) is 11.8. The molecule has 3 N–H and O–H groups in total. The molecular weight excluding hydrogens is 525 g/mol. The van der Waals surface area contributed by atoms with Gasteiger partial charge in [-0.15, -0.1) is 4.52 Å². The van der Waals surface area contributed by atoms with Crippen molar-refractivity contribution in [2.24, 2.45) is 11.3 Å². The summed E-state index contributed by atoms with van der Waals surface area (Å²) in [6, 6.07) is 5.52. The van der Waals surface area contributed by atoms with Crippen molar-refractivity contribution in [2.75, 3.05) is 36.5 Å². The van der Waals surface area contributed by atoms with Crippen LogP contribution in [0.2, 0.25) is 5.02 Å². The summed E-state index contributed by atoms with van der Waals surface area (Å²) < 4.78 is 16.8. The molecule has 1 spiro atoms. The van der Waals surface area contributed by atoms with E-state index in [-0.39, 0.29) is 18.6 Å². The first kappa shape index (κ1) is 27.3. The fourth-order valence-electron chi connectivity index (χ4n) is 5.51. The molecule has 2 aliphatic carbocycles. The molecule has 2 saturated carbocycles. The summed E-state index contributed by atoms with van der Waals surface area (Å²) in [5.74, 6) is 1.30. The largest absolute Gasteiger partial charge is 0.505 e. The second-order valence-electron chi connectivity index (χ2n) is 10.9. The smallest absolute Gasteiger partial charge is 0.392 e. The molecule has 5 rings (SSSR count). The maximum Gasteiger partial charge on any atom is 0.505 e. The normalized spacial score (nSPS) is 22.4. The van der Waals surface area contributed by atoms with Crippen molar-refractivity contribution in [3.8, 4) is 0 Å². The third-order valence-corrected chi connectivity index (χ3v) is 9.04. The van der Waals surface area contributed by atoms with Crippen molar-refractivity contribution in [3.63, 3.8) is 0 Å². The zero-order valence-electron chi connectivity index (χ0n) is 21.8. The van der Waals surface area contributed by atoms with Crippen LogP contribution in [0.4, 0.5) is 11.8 Å². The van der Waals surface area contributed by atoms with Gasteiger partial charge in [-0.25, -0.2) is 4.98 Å². The molecule has 2 aromatic rings. The first-order chi connectivity index (χ1) is 18.3. The standard InChI is InChI=1S/C27H35ClN5O4P/c1-38(36)37-21-6-3-18(4-7-21)13-30-25(35)22-15-31-26(33-11-10-27(17-33)8-9-27)32-24(22)29-14-19-2-5-20(16-34)23(28)12-19/h2,5,12,15,18,21,34H,3-4,6-11,13-14,16-17H2,1H3,(H-,29,30,31,32,35)/p+1. The number of aliphatic hydroxyl groups is 1. The number of benzene rings is 1. The number of aliphatic hydroxyl groups excluding tert-OH is 1. The van der Waals surface area contributed by atoms with Crippen molar-refractivity contribution >= 4 is 37.3 Å². The van der Waals surface area contributed by atoms with Gasteiger partial charge in [-0.1, -0.05) is 23.7 Å². The third-order valence-electron chi connectivity index (χ3n) is 8.09. The Morgan fingerprint density at radius 3 is 2.71 bits per heavy atom. The van der Waals surface area contributed by atoms with E-state index in [1.165, 1.54) is 19.3 Å². The predicted molar refractivity (Wildman–Crippen MR) is 148 cm³/mol. The van der Waals surface area contributed by atoms with E-state index >= 15 is 0 Å². The van der Waals surface area contributed by atoms with E-state index in [4.69, 9.17) is 21.1 Å². The lowest BCUT2D eigenvalue weighted by atomic mass is 9.87. The van der Waals surface area contributed by atoms with Gasteiger partial charge in [0.05, 0.1) is 6.61 Å². The maximum atomic E-state index is 13.3. The Balaban J connectivity index is 1.26. The SMILES string of the molecule is C[P+](=O)OC1CCC(CNC(=O)c2cnc(N3CCC4(CC4)C3)nc2NCc2ccc(CO)c(Cl)c2)CC1. The summed E-state index contributed by atoms with van der Waals surface area (Å²) in [4.78, 5) is 24.9. The molecule has 3 fully saturated rings. The van der Waals surface area contributed by atoms with Gasteiger partial charge in [0.15, 0.2) is 6.66 Å². The summed E-state index contributed by atoms with van der Waals surface area (Å²) in [6.07, 6.45) is 8.94. The predicted octanol–water partition coefficient (Wildman–Crippen LogP) is 4.90. The Bertz CT molecular complexity index is 1190. The number of halogens is 1. The number of nitrogens with one attached hydrogen (secondary N) is 2. The molecule has 0 radical (unpaired) electrons. The molecule has 1 amide bonds. The first-order valence-corrected chi connectivity index (χ1v) is 15.4. The fraction of sp³-hybridized carbons (Fsp3) is 0.593. The molecular formula is C27H36ClN5O4P+. The molecule has 2 heterocycles. The number of carbonyl (C=O) groups is 1. The average molecular weight is 561 g/mol. The highest BCUT2D eigenvalue weighted by atomic mass is 35.5. The van der Waals surface area contributed by atoms with Crippen LogP contribution >= 0.6 is 19.6 Å². The molecule has 1 aromatic carbocycles. The van der Waals surface area contributed by atoms with Crippen LogP contribution in [0.1, 0.15) is 66.4 Å². The minimum Gasteiger partial charge on any atom is -0.392 e. The van der Waals surface area contributed by atoms with Crippen LogP contribution in [0.3, 0.4) is 0 Å². The average Bonchev–Trinajstić information content (AvgIpc) is 3.54. The van der Waals surface area contributed by atoms with Crippen molar-refractivity contribution in [3.05, 3.63) is 46.1 Å². The summed E-state index contributed by atoms with van der Waals surface area (Å²) in [5, 5.41) is 16.3. The van der Waals surface area contributed by atoms with Crippen LogP contribution < -0.4 is 15.5 Å². The van der Waals surface area contributed by atoms with Gasteiger partial charge in [0.1, 0.15) is 17.5 Å². The minimum absolute atomic E-state index is 0.0487. The zero-order valence-corrected chi connectivity index (χ0v) is 23.4. The number of hydrogen-bond acceptors (Lipinski definition) is 8. The quantitative estimate of drug-likeness (QED) is 0.351. The van der Waals surface area contributed by atoms with E-state index in [2.05, 4.69) is 20.5 Å². The van der Waals surface area contributed by atoms with Crippen LogP contribution in [0, 0.1) is 11.3 Å². The highest BCUT2D eigenvalue weighted by Crippen LogP contribution is 2.53. The highest BCUT2D eigenvalue weighted by Gasteiger charge is 2.48. The van der Waals surface area contributed by atoms with Crippen LogP contribution in [0.15, 0.2) is 24.4 Å². The Hall–Kier alpha value is -2.32. The molecule has 1 aromatic heterocycles. The van der Waals surface area contributed by atoms with Crippen molar-refractivity contribution in [1.29, 1.82) is 0 Å². The van der Waals surface area contributed by atoms with E-state index in [0.717, 1.165) is 44.3 Å². The first-order valence-electron chi connectivity index (χ1n) is 13.4. The van der Waals surface area contributed by atoms with Gasteiger partial charge < -0.3 is 20.6 Å². The van der Waals surface area contributed by atoms with E-state index in [1.807, 2.05) is 12.1 Å². The van der Waals surface area contributed by atoms with E-state index in [9.17, 15) is 14.5 Å². The molecule has 11 heteroatoms. The zero-order chi connectivity index (χ0) is 26.7. The van der Waals surface area contributed by atoms with E-state index < -0.39 is 8.03 Å². The van der Waals surface area contributed by atoms with Gasteiger partial charge in [0.25, 0.3) is 5.91 Å². The van der Waals surface area contributed by atoms with Crippen LogP contribution in [0.25, 0.3) is 0 Å². The molecule has 9 nitrogen and oxygen atoms in total. The summed E-state index contributed by atoms with van der Waals surface area (Å²) in [5.41, 5.74) is 2.44. The Morgan fingerprint density at radius 1 is 1.26 bits per heavy atom. The molecule has 0 bridgehead atoms. The van der Waals surface area contributed by atoms with Gasteiger partial charge in [0, 0.05) is 37.4 Å². The van der Waals surface area contributed by atoms with Gasteiger partial charge in [0.2, 0.25) is 5.95 Å². The topological polar surface area (TPSA) is 117 Å². The molecule has 1 aliphatic heterocycles. The van der Waals surface area contributed by atoms with E-state index in [0.29, 0.717) is 52.3 Å². The molecule has 1 saturated heterocycles. The number of anilines is 2. The summed E-state index contributed by atoms with van der Waals surface area (Å²) >= 11 is 6.28. The van der Waals surface area contributed by atoms with Crippen molar-refractivity contribution in [2.45, 2.75) is 64.2 Å². The van der Waals surface area contributed by atoms with E-state index in [1.54, 1.807) is 18.9 Å². The Kier molecular flexibility index (Phi) is 8.48. The van der Waals surface area contributed by atoms with Crippen LogP contribution in [-0.4, -0.2) is 53.4 Å². The third kappa shape index (κ3) is 6.63. The lowest BCUT2D eigenvalue weighted by molar-refractivity contribution is 0.0932. The minimum atomic E-state index is -1.59. The lowest BCUT2D eigenvalue weighted by Gasteiger charge is -2.25. The molecule has 1 atom stereocenters. The summed E-state index contributed by atoms with van der Waals surface area (Å²) in [7, 11) is -1.59. The number of aromatic nitrogens is 2. The lowest BCUT2D eigenvalue weighted by Crippen LogP contribution is -2.33. The van der Waals surface area contributed by atoms with Gasteiger partial charge >= 0.3 is 8.03 Å². The van der Waals surface area contributed by atoms with Gasteiger partial charge in [-0.05, 0) is 78.0 Å². The monoisotopic (exact) mass is 560 g/mol. The molecule has 38 heavy (non-hydrogen) atoms. The number of amides is 1. The number of nitrogens with zero attached hydrogens (tertiary/aromatic N) is 3. The maximum absolute atomic E-state index is 13.3. The fourth-order valence-corrected chi connectivity index (χ4v) is 6.41. The Morgan fingerprint density at radius 2 is 2.05 bits per heavy atom. The van der Waals surface area contributed by atoms with Crippen LogP contribution in [0.5, 0.6) is 0 Å². The van der Waals surface area contributed by atoms with Crippen molar-refractivity contribution < 1.29 is 19.0 Å².